The fourth-order valence-electron chi connectivity index (χ4n) is 4.25. The number of imidazole rings is 1. The summed E-state index contributed by atoms with van der Waals surface area (Å²) >= 11 is 13.2. The molecule has 1 aromatic carbocycles. The van der Waals surface area contributed by atoms with Crippen LogP contribution in [-0.2, 0) is 6.61 Å². The van der Waals surface area contributed by atoms with Crippen molar-refractivity contribution in [2.75, 3.05) is 18.0 Å². The Morgan fingerprint density at radius 2 is 2.06 bits per heavy atom. The Hall–Kier alpha value is -2.87. The van der Waals surface area contributed by atoms with Crippen LogP contribution < -0.4 is 15.4 Å². The van der Waals surface area contributed by atoms with Gasteiger partial charge in [-0.15, -0.1) is 0 Å². The summed E-state index contributed by atoms with van der Waals surface area (Å²) in [6.07, 6.45) is 6.26. The topological polar surface area (TPSA) is 82.1 Å². The number of ether oxygens (including phenoxy) is 1. The Kier molecular flexibility index (Phi) is 5.86. The van der Waals surface area contributed by atoms with Crippen LogP contribution in [0.1, 0.15) is 23.5 Å². The minimum absolute atomic E-state index is 0.122. The van der Waals surface area contributed by atoms with Gasteiger partial charge in [0.05, 0.1) is 15.7 Å². The van der Waals surface area contributed by atoms with Crippen molar-refractivity contribution in [3.05, 3.63) is 70.0 Å². The average Bonchev–Trinajstić information content (AvgIpc) is 3.41. The first-order chi connectivity index (χ1) is 15.9. The first kappa shape index (κ1) is 21.9. The zero-order valence-corrected chi connectivity index (χ0v) is 19.9. The summed E-state index contributed by atoms with van der Waals surface area (Å²) in [6.45, 7) is 5.67. The number of nitrogens with zero attached hydrogens (tertiary/aromatic N) is 5. The lowest BCUT2D eigenvalue weighted by Gasteiger charge is -2.20. The molecule has 4 heterocycles. The van der Waals surface area contributed by atoms with Crippen LogP contribution in [0.4, 0.5) is 5.82 Å². The Morgan fingerprint density at radius 3 is 2.79 bits per heavy atom. The largest absolute Gasteiger partial charge is 0.487 e. The van der Waals surface area contributed by atoms with Crippen LogP contribution in [0.2, 0.25) is 10.0 Å². The van der Waals surface area contributed by atoms with Crippen LogP contribution in [0.25, 0.3) is 16.6 Å². The average molecular weight is 483 g/mol. The SMILES string of the molecule is Cc1cc(-n2ccnc2C)c2cccc(OCc3c(Cl)cnc(N4CC[C@@H](N)C4)c3Cl)c2n1. The van der Waals surface area contributed by atoms with E-state index in [4.69, 9.17) is 38.7 Å². The number of aryl methyl sites for hydroxylation is 2. The molecule has 1 aliphatic rings. The zero-order valence-electron chi connectivity index (χ0n) is 18.4. The fraction of sp³-hybridized carbons (Fsp3) is 0.292. The molecule has 0 saturated carbocycles. The molecule has 170 valence electrons. The maximum Gasteiger partial charge on any atom is 0.147 e. The quantitative estimate of drug-likeness (QED) is 0.437. The van der Waals surface area contributed by atoms with Crippen molar-refractivity contribution in [2.45, 2.75) is 32.9 Å². The summed E-state index contributed by atoms with van der Waals surface area (Å²) in [5.74, 6) is 2.25. The normalized spacial score (nSPS) is 16.0. The summed E-state index contributed by atoms with van der Waals surface area (Å²) in [7, 11) is 0. The molecule has 4 aromatic rings. The molecule has 1 atom stereocenters. The summed E-state index contributed by atoms with van der Waals surface area (Å²) in [5, 5.41) is 1.93. The Bertz CT molecular complexity index is 1340. The lowest BCUT2D eigenvalue weighted by atomic mass is 10.1. The molecule has 1 aliphatic heterocycles. The molecule has 1 saturated heterocycles. The molecule has 3 aromatic heterocycles. The molecule has 33 heavy (non-hydrogen) atoms. The van der Waals surface area contributed by atoms with Gasteiger partial charge in [0.25, 0.3) is 0 Å². The van der Waals surface area contributed by atoms with Gasteiger partial charge < -0.3 is 19.9 Å². The molecular formula is C24H24Cl2N6O. The molecule has 1 fully saturated rings. The number of anilines is 1. The van der Waals surface area contributed by atoms with E-state index in [0.29, 0.717) is 27.2 Å². The number of fused-ring (bicyclic) bond motifs is 1. The molecule has 0 radical (unpaired) electrons. The highest BCUT2D eigenvalue weighted by molar-refractivity contribution is 6.37. The maximum atomic E-state index is 6.73. The summed E-state index contributed by atoms with van der Waals surface area (Å²) in [4.78, 5) is 15.7. The lowest BCUT2D eigenvalue weighted by molar-refractivity contribution is 0.309. The van der Waals surface area contributed by atoms with E-state index in [1.54, 1.807) is 12.4 Å². The minimum Gasteiger partial charge on any atom is -0.487 e. The van der Waals surface area contributed by atoms with Crippen LogP contribution in [0.3, 0.4) is 0 Å². The predicted molar refractivity (Wildman–Crippen MR) is 132 cm³/mol. The Balaban J connectivity index is 1.50. The number of para-hydroxylation sites is 1. The molecule has 2 N–H and O–H groups in total. The Morgan fingerprint density at radius 1 is 1.21 bits per heavy atom. The van der Waals surface area contributed by atoms with Crippen LogP contribution in [0, 0.1) is 13.8 Å². The molecule has 0 aliphatic carbocycles. The minimum atomic E-state index is 0.122. The van der Waals surface area contributed by atoms with Crippen LogP contribution in [-0.4, -0.2) is 38.7 Å². The monoisotopic (exact) mass is 482 g/mol. The number of halogens is 2. The van der Waals surface area contributed by atoms with E-state index >= 15 is 0 Å². The lowest BCUT2D eigenvalue weighted by Crippen LogP contribution is -2.27. The number of hydrogen-bond donors (Lipinski definition) is 1. The van der Waals surface area contributed by atoms with Gasteiger partial charge in [0, 0.05) is 54.4 Å². The highest BCUT2D eigenvalue weighted by Gasteiger charge is 2.24. The highest BCUT2D eigenvalue weighted by Crippen LogP contribution is 2.35. The molecule has 9 heteroatoms. The summed E-state index contributed by atoms with van der Waals surface area (Å²) in [6, 6.07) is 8.06. The van der Waals surface area contributed by atoms with Crippen molar-refractivity contribution in [3.8, 4) is 11.4 Å². The van der Waals surface area contributed by atoms with Crippen molar-refractivity contribution in [1.82, 2.24) is 19.5 Å². The second-order valence-corrected chi connectivity index (χ2v) is 9.07. The standard InChI is InChI=1S/C24H24Cl2N6O/c1-14-10-20(32-9-7-28-15(32)2)17-4-3-5-21(23(17)30-14)33-13-18-19(25)11-29-24(22(18)26)31-8-6-16(27)12-31/h3-5,7,9-11,16H,6,8,12-13,27H2,1-2H3/t16-/m1/s1. The van der Waals surface area contributed by atoms with Crippen molar-refractivity contribution in [2.24, 2.45) is 5.73 Å². The van der Waals surface area contributed by atoms with Crippen molar-refractivity contribution in [1.29, 1.82) is 0 Å². The van der Waals surface area contributed by atoms with E-state index in [2.05, 4.69) is 14.9 Å². The van der Waals surface area contributed by atoms with Gasteiger partial charge in [-0.3, -0.25) is 0 Å². The van der Waals surface area contributed by atoms with Crippen molar-refractivity contribution in [3.63, 3.8) is 0 Å². The molecular weight excluding hydrogens is 459 g/mol. The number of hydrogen-bond acceptors (Lipinski definition) is 6. The van der Waals surface area contributed by atoms with Crippen molar-refractivity contribution < 1.29 is 4.74 Å². The van der Waals surface area contributed by atoms with Gasteiger partial charge in [-0.25, -0.2) is 15.0 Å². The highest BCUT2D eigenvalue weighted by atomic mass is 35.5. The number of rotatable bonds is 5. The van der Waals surface area contributed by atoms with Crippen molar-refractivity contribution >= 4 is 39.9 Å². The van der Waals surface area contributed by atoms with E-state index in [0.717, 1.165) is 47.6 Å². The number of nitrogens with two attached hydrogens (primary N) is 1. The van der Waals surface area contributed by atoms with Gasteiger partial charge in [-0.2, -0.15) is 0 Å². The van der Waals surface area contributed by atoms with E-state index in [-0.39, 0.29) is 12.6 Å². The van der Waals surface area contributed by atoms with E-state index in [9.17, 15) is 0 Å². The first-order valence-corrected chi connectivity index (χ1v) is 11.5. The smallest absolute Gasteiger partial charge is 0.147 e. The number of aromatic nitrogens is 4. The molecule has 0 unspecified atom stereocenters. The van der Waals surface area contributed by atoms with E-state index in [1.807, 2.05) is 48.9 Å². The molecule has 0 spiro atoms. The van der Waals surface area contributed by atoms with Gasteiger partial charge in [0.15, 0.2) is 0 Å². The Labute approximate surface area is 202 Å². The molecule has 0 bridgehead atoms. The van der Waals surface area contributed by atoms with Gasteiger partial charge in [0.1, 0.15) is 29.5 Å². The van der Waals surface area contributed by atoms with Gasteiger partial charge in [-0.05, 0) is 32.4 Å². The second kappa shape index (κ2) is 8.82. The third-order valence-corrected chi connectivity index (χ3v) is 6.66. The third kappa shape index (κ3) is 4.12. The fourth-order valence-corrected chi connectivity index (χ4v) is 4.82. The van der Waals surface area contributed by atoms with Gasteiger partial charge >= 0.3 is 0 Å². The molecule has 5 rings (SSSR count). The second-order valence-electron chi connectivity index (χ2n) is 8.29. The summed E-state index contributed by atoms with van der Waals surface area (Å²) in [5.41, 5.74) is 9.41. The summed E-state index contributed by atoms with van der Waals surface area (Å²) < 4.78 is 8.28. The molecule has 0 amide bonds. The first-order valence-electron chi connectivity index (χ1n) is 10.8. The van der Waals surface area contributed by atoms with Crippen LogP contribution in [0.15, 0.2) is 42.9 Å². The maximum absolute atomic E-state index is 6.73. The van der Waals surface area contributed by atoms with Gasteiger partial charge in [-0.1, -0.05) is 35.3 Å². The molecule has 7 nitrogen and oxygen atoms in total. The third-order valence-electron chi connectivity index (χ3n) is 5.94. The number of pyridine rings is 2. The van der Waals surface area contributed by atoms with Crippen LogP contribution >= 0.6 is 23.2 Å². The van der Waals surface area contributed by atoms with Gasteiger partial charge in [0.2, 0.25) is 0 Å². The predicted octanol–water partition coefficient (Wildman–Crippen LogP) is 4.86. The van der Waals surface area contributed by atoms with Crippen LogP contribution in [0.5, 0.6) is 5.75 Å². The number of benzene rings is 1. The van der Waals surface area contributed by atoms with E-state index in [1.165, 1.54) is 0 Å². The zero-order chi connectivity index (χ0) is 23.1. The van der Waals surface area contributed by atoms with E-state index < -0.39 is 0 Å².